The normalized spacial score (nSPS) is 14.3. The van der Waals surface area contributed by atoms with Crippen LogP contribution in [-0.2, 0) is 12.0 Å². The number of nitrogens with two attached hydrogens (primary N) is 1. The summed E-state index contributed by atoms with van der Waals surface area (Å²) in [6.45, 7) is 2.02. The van der Waals surface area contributed by atoms with Crippen LogP contribution in [0.4, 0.5) is 0 Å². The third-order valence-electron chi connectivity index (χ3n) is 2.73. The van der Waals surface area contributed by atoms with Crippen LogP contribution in [0.1, 0.15) is 17.5 Å². The van der Waals surface area contributed by atoms with E-state index in [1.54, 1.807) is 18.4 Å². The van der Waals surface area contributed by atoms with Gasteiger partial charge in [-0.25, -0.2) is 4.98 Å². The third kappa shape index (κ3) is 2.84. The summed E-state index contributed by atoms with van der Waals surface area (Å²) in [6.07, 6.45) is 2.54. The molecule has 0 aliphatic carbocycles. The Hall–Kier alpha value is -1.39. The first-order chi connectivity index (χ1) is 8.12. The average molecular weight is 248 g/mol. The molecule has 2 N–H and O–H groups in total. The highest BCUT2D eigenvalue weighted by atomic mass is 32.1. The molecule has 1 heterocycles. The molecule has 2 aromatic rings. The lowest BCUT2D eigenvalue weighted by atomic mass is 9.90. The predicted octanol–water partition coefficient (Wildman–Crippen LogP) is 2.57. The highest BCUT2D eigenvalue weighted by Crippen LogP contribution is 2.26. The van der Waals surface area contributed by atoms with Gasteiger partial charge in [-0.05, 0) is 24.6 Å². The molecule has 0 aliphatic rings. The number of hydrogen-bond donors (Lipinski definition) is 1. The molecule has 0 aliphatic heterocycles. The minimum Gasteiger partial charge on any atom is -0.497 e. The maximum atomic E-state index is 6.36. The van der Waals surface area contributed by atoms with E-state index in [4.69, 9.17) is 10.5 Å². The summed E-state index contributed by atoms with van der Waals surface area (Å²) in [5.74, 6) is 0.832. The van der Waals surface area contributed by atoms with Crippen molar-refractivity contribution in [1.29, 1.82) is 0 Å². The molecule has 0 saturated heterocycles. The number of rotatable bonds is 4. The van der Waals surface area contributed by atoms with Crippen LogP contribution in [0.25, 0.3) is 0 Å². The van der Waals surface area contributed by atoms with E-state index in [9.17, 15) is 0 Å². The molecule has 90 valence electrons. The molecular weight excluding hydrogens is 232 g/mol. The van der Waals surface area contributed by atoms with Crippen LogP contribution in [0.2, 0.25) is 0 Å². The largest absolute Gasteiger partial charge is 0.497 e. The third-order valence-corrected chi connectivity index (χ3v) is 3.51. The molecule has 1 aromatic carbocycles. The number of benzene rings is 1. The summed E-state index contributed by atoms with van der Waals surface area (Å²) in [7, 11) is 1.66. The van der Waals surface area contributed by atoms with Gasteiger partial charge in [-0.2, -0.15) is 0 Å². The quantitative estimate of drug-likeness (QED) is 0.904. The minimum atomic E-state index is -0.424. The Balaban J connectivity index is 2.24. The standard InChI is InChI=1S/C13H16N2OS/c1-13(14,9-12-15-6-7-17-12)10-4-3-5-11(8-10)16-2/h3-8H,9,14H2,1-2H3. The maximum absolute atomic E-state index is 6.36. The van der Waals surface area contributed by atoms with Crippen molar-refractivity contribution in [2.24, 2.45) is 5.73 Å². The van der Waals surface area contributed by atoms with Gasteiger partial charge < -0.3 is 10.5 Å². The van der Waals surface area contributed by atoms with Gasteiger partial charge >= 0.3 is 0 Å². The van der Waals surface area contributed by atoms with Crippen molar-refractivity contribution < 1.29 is 4.74 Å². The van der Waals surface area contributed by atoms with Gasteiger partial charge in [0.15, 0.2) is 0 Å². The van der Waals surface area contributed by atoms with Crippen molar-refractivity contribution >= 4 is 11.3 Å². The Labute approximate surface area is 105 Å². The van der Waals surface area contributed by atoms with Crippen molar-refractivity contribution in [1.82, 2.24) is 4.98 Å². The zero-order valence-electron chi connectivity index (χ0n) is 10.0. The first kappa shape index (κ1) is 12.1. The molecule has 1 atom stereocenters. The van der Waals surface area contributed by atoms with E-state index in [1.165, 1.54) is 0 Å². The van der Waals surface area contributed by atoms with Crippen LogP contribution in [0.15, 0.2) is 35.8 Å². The fraction of sp³-hybridized carbons (Fsp3) is 0.308. The molecule has 0 amide bonds. The minimum absolute atomic E-state index is 0.424. The van der Waals surface area contributed by atoms with Crippen LogP contribution in [0, 0.1) is 0 Å². The van der Waals surface area contributed by atoms with Gasteiger partial charge in [0.05, 0.1) is 12.1 Å². The number of ether oxygens (including phenoxy) is 1. The molecule has 0 bridgehead atoms. The molecule has 0 saturated carbocycles. The van der Waals surface area contributed by atoms with E-state index in [1.807, 2.05) is 42.8 Å². The Kier molecular flexibility index (Phi) is 3.45. The number of methoxy groups -OCH3 is 1. The van der Waals surface area contributed by atoms with Gasteiger partial charge in [-0.3, -0.25) is 0 Å². The summed E-state index contributed by atoms with van der Waals surface area (Å²) in [4.78, 5) is 4.28. The molecule has 0 spiro atoms. The second-order valence-electron chi connectivity index (χ2n) is 4.25. The van der Waals surface area contributed by atoms with E-state index in [0.717, 1.165) is 22.7 Å². The van der Waals surface area contributed by atoms with E-state index < -0.39 is 5.54 Å². The molecule has 1 aromatic heterocycles. The Bertz CT molecular complexity index is 480. The van der Waals surface area contributed by atoms with Gasteiger partial charge in [0, 0.05) is 23.5 Å². The predicted molar refractivity (Wildman–Crippen MR) is 70.4 cm³/mol. The maximum Gasteiger partial charge on any atom is 0.119 e. The first-order valence-electron chi connectivity index (χ1n) is 5.43. The lowest BCUT2D eigenvalue weighted by molar-refractivity contribution is 0.410. The van der Waals surface area contributed by atoms with Crippen molar-refractivity contribution in [3.05, 3.63) is 46.4 Å². The van der Waals surface area contributed by atoms with Crippen LogP contribution in [0.5, 0.6) is 5.75 Å². The van der Waals surface area contributed by atoms with E-state index >= 15 is 0 Å². The molecule has 0 radical (unpaired) electrons. The second-order valence-corrected chi connectivity index (χ2v) is 5.23. The van der Waals surface area contributed by atoms with E-state index in [2.05, 4.69) is 4.98 Å². The van der Waals surface area contributed by atoms with E-state index in [-0.39, 0.29) is 0 Å². The fourth-order valence-electron chi connectivity index (χ4n) is 1.73. The average Bonchev–Trinajstić information content (AvgIpc) is 2.81. The fourth-order valence-corrected chi connectivity index (χ4v) is 2.52. The van der Waals surface area contributed by atoms with Crippen LogP contribution < -0.4 is 10.5 Å². The van der Waals surface area contributed by atoms with Crippen molar-refractivity contribution in [2.45, 2.75) is 18.9 Å². The van der Waals surface area contributed by atoms with Crippen molar-refractivity contribution in [2.75, 3.05) is 7.11 Å². The lowest BCUT2D eigenvalue weighted by Crippen LogP contribution is -2.35. The number of hydrogen-bond acceptors (Lipinski definition) is 4. The summed E-state index contributed by atoms with van der Waals surface area (Å²) in [5, 5.41) is 3.02. The van der Waals surface area contributed by atoms with Gasteiger partial charge in [-0.15, -0.1) is 11.3 Å². The number of thiazole rings is 1. The topological polar surface area (TPSA) is 48.1 Å². The highest BCUT2D eigenvalue weighted by Gasteiger charge is 2.23. The zero-order valence-corrected chi connectivity index (χ0v) is 10.8. The Morgan fingerprint density at radius 2 is 2.29 bits per heavy atom. The van der Waals surface area contributed by atoms with Crippen LogP contribution in [-0.4, -0.2) is 12.1 Å². The summed E-state index contributed by atoms with van der Waals surface area (Å²) >= 11 is 1.63. The summed E-state index contributed by atoms with van der Waals surface area (Å²) in [6, 6.07) is 7.88. The number of nitrogens with zero attached hydrogens (tertiary/aromatic N) is 1. The van der Waals surface area contributed by atoms with E-state index in [0.29, 0.717) is 0 Å². The SMILES string of the molecule is COc1cccc(C(C)(N)Cc2nccs2)c1. The molecule has 1 unspecified atom stereocenters. The van der Waals surface area contributed by atoms with Crippen molar-refractivity contribution in [3.8, 4) is 5.75 Å². The Morgan fingerprint density at radius 3 is 2.94 bits per heavy atom. The molecule has 4 heteroatoms. The van der Waals surface area contributed by atoms with Crippen LogP contribution >= 0.6 is 11.3 Å². The van der Waals surface area contributed by atoms with Gasteiger partial charge in [0.1, 0.15) is 5.75 Å². The van der Waals surface area contributed by atoms with Crippen molar-refractivity contribution in [3.63, 3.8) is 0 Å². The lowest BCUT2D eigenvalue weighted by Gasteiger charge is -2.24. The summed E-state index contributed by atoms with van der Waals surface area (Å²) in [5.41, 5.74) is 7.00. The zero-order chi connectivity index (χ0) is 12.3. The first-order valence-corrected chi connectivity index (χ1v) is 6.31. The molecule has 17 heavy (non-hydrogen) atoms. The van der Waals surface area contributed by atoms with Gasteiger partial charge in [0.2, 0.25) is 0 Å². The summed E-state index contributed by atoms with van der Waals surface area (Å²) < 4.78 is 5.22. The molecule has 0 fully saturated rings. The monoisotopic (exact) mass is 248 g/mol. The second kappa shape index (κ2) is 4.85. The molecule has 2 rings (SSSR count). The smallest absolute Gasteiger partial charge is 0.119 e. The highest BCUT2D eigenvalue weighted by molar-refractivity contribution is 7.09. The molecule has 3 nitrogen and oxygen atoms in total. The number of aromatic nitrogens is 1. The van der Waals surface area contributed by atoms with Crippen LogP contribution in [0.3, 0.4) is 0 Å². The Morgan fingerprint density at radius 1 is 1.47 bits per heavy atom. The molecular formula is C13H16N2OS. The van der Waals surface area contributed by atoms with Gasteiger partial charge in [0.25, 0.3) is 0 Å². The van der Waals surface area contributed by atoms with Gasteiger partial charge in [-0.1, -0.05) is 12.1 Å².